The van der Waals surface area contributed by atoms with E-state index in [4.69, 9.17) is 9.84 Å². The summed E-state index contributed by atoms with van der Waals surface area (Å²) >= 11 is 0. The van der Waals surface area contributed by atoms with Gasteiger partial charge in [-0.05, 0) is 73.0 Å². The van der Waals surface area contributed by atoms with E-state index in [-0.39, 0.29) is 28.1 Å². The van der Waals surface area contributed by atoms with E-state index in [0.717, 1.165) is 48.7 Å². The van der Waals surface area contributed by atoms with Crippen LogP contribution in [0.15, 0.2) is 59.6 Å². The highest BCUT2D eigenvalue weighted by Gasteiger charge is 2.35. The normalized spacial score (nSPS) is 13.1. The van der Waals surface area contributed by atoms with Crippen LogP contribution >= 0.6 is 0 Å². The highest BCUT2D eigenvalue weighted by atomic mass is 32.2. The van der Waals surface area contributed by atoms with E-state index in [0.29, 0.717) is 0 Å². The minimum Gasteiger partial charge on any atom is -0.479 e. The monoisotopic (exact) mass is 536 g/mol. The van der Waals surface area contributed by atoms with Crippen LogP contribution in [-0.4, -0.2) is 43.2 Å². The van der Waals surface area contributed by atoms with Crippen molar-refractivity contribution in [3.8, 4) is 0 Å². The molecule has 12 heteroatoms. The van der Waals surface area contributed by atoms with Gasteiger partial charge in [0.15, 0.2) is 15.9 Å². The number of rotatable bonds is 10. The number of benzene rings is 2. The molecule has 196 valence electrons. The molecule has 0 aliphatic heterocycles. The lowest BCUT2D eigenvalue weighted by molar-refractivity contribution is -0.150. The maximum Gasteiger partial charge on any atom is 0.332 e. The fourth-order valence-corrected chi connectivity index (χ4v) is 5.49. The minimum atomic E-state index is -4.44. The largest absolute Gasteiger partial charge is 0.479 e. The highest BCUT2D eigenvalue weighted by molar-refractivity contribution is 7.92. The zero-order chi connectivity index (χ0) is 27.3. The molecule has 0 radical (unpaired) electrons. The summed E-state index contributed by atoms with van der Waals surface area (Å²) in [5.74, 6) is -4.46. The lowest BCUT2D eigenvalue weighted by atomic mass is 10.0. The number of aryl methyl sites for hydroxylation is 1. The maximum atomic E-state index is 14.8. The number of sulfone groups is 1. The number of pyridine rings is 1. The topological polar surface area (TPSA) is 123 Å². The molecule has 2 N–H and O–H groups in total. The smallest absolute Gasteiger partial charge is 0.332 e. The molecule has 3 aromatic rings. The van der Waals surface area contributed by atoms with Crippen LogP contribution < -0.4 is 5.32 Å². The Hall–Kier alpha value is -3.77. The number of aliphatic carboxylic acids is 1. The number of carboxylic acid groups (broad SMARTS) is 1. The van der Waals surface area contributed by atoms with Gasteiger partial charge in [-0.3, -0.25) is 9.78 Å². The fourth-order valence-electron chi connectivity index (χ4n) is 3.61. The molecule has 0 fully saturated rings. The van der Waals surface area contributed by atoms with Gasteiger partial charge in [0, 0.05) is 11.8 Å². The molecule has 0 spiro atoms. The van der Waals surface area contributed by atoms with E-state index in [9.17, 15) is 31.2 Å². The summed E-state index contributed by atoms with van der Waals surface area (Å²) < 4.78 is 74.5. The summed E-state index contributed by atoms with van der Waals surface area (Å²) in [4.78, 5) is 27.1. The number of carbonyl (C=O) groups excluding carboxylic acids is 1. The first-order valence-electron chi connectivity index (χ1n) is 11.0. The molecule has 2 atom stereocenters. The molecule has 0 aliphatic carbocycles. The van der Waals surface area contributed by atoms with Gasteiger partial charge in [-0.2, -0.15) is 0 Å². The van der Waals surface area contributed by atoms with E-state index >= 15 is 0 Å². The average Bonchev–Trinajstić information content (AvgIpc) is 2.84. The Morgan fingerprint density at radius 2 is 1.68 bits per heavy atom. The van der Waals surface area contributed by atoms with Crippen molar-refractivity contribution in [2.45, 2.75) is 36.5 Å². The number of halogens is 3. The Labute approximate surface area is 211 Å². The molecule has 8 nitrogen and oxygen atoms in total. The molecule has 0 saturated heterocycles. The van der Waals surface area contributed by atoms with Crippen molar-refractivity contribution < 1.29 is 41.0 Å². The molecule has 37 heavy (non-hydrogen) atoms. The lowest BCUT2D eigenvalue weighted by Crippen LogP contribution is -2.32. The van der Waals surface area contributed by atoms with Crippen molar-refractivity contribution in [3.63, 3.8) is 0 Å². The summed E-state index contributed by atoms with van der Waals surface area (Å²) in [7, 11) is -4.44. The van der Waals surface area contributed by atoms with Crippen LogP contribution in [-0.2, 0) is 19.4 Å². The minimum absolute atomic E-state index is 0.0291. The molecular formula is C25H23F3N2O6S. The van der Waals surface area contributed by atoms with Crippen LogP contribution in [0.5, 0.6) is 0 Å². The quantitative estimate of drug-likeness (QED) is 0.297. The number of amides is 1. The van der Waals surface area contributed by atoms with Gasteiger partial charge in [0.05, 0.1) is 4.90 Å². The second-order valence-corrected chi connectivity index (χ2v) is 10.1. The van der Waals surface area contributed by atoms with Crippen LogP contribution in [0.3, 0.4) is 0 Å². The molecule has 0 saturated carbocycles. The summed E-state index contributed by atoms with van der Waals surface area (Å²) in [6.07, 6.45) is 0.126. The third-order valence-corrected chi connectivity index (χ3v) is 7.58. The number of hydrogen-bond acceptors (Lipinski definition) is 6. The first kappa shape index (κ1) is 27.8. The van der Waals surface area contributed by atoms with Gasteiger partial charge >= 0.3 is 5.97 Å². The van der Waals surface area contributed by atoms with Crippen LogP contribution in [0.4, 0.5) is 13.2 Å². The van der Waals surface area contributed by atoms with Gasteiger partial charge < -0.3 is 15.2 Å². The number of ether oxygens (including phenoxy) is 1. The van der Waals surface area contributed by atoms with Crippen molar-refractivity contribution in [1.29, 1.82) is 0 Å². The van der Waals surface area contributed by atoms with Gasteiger partial charge in [0.2, 0.25) is 0 Å². The van der Waals surface area contributed by atoms with Gasteiger partial charge in [-0.1, -0.05) is 6.92 Å². The number of hydrogen-bond donors (Lipinski definition) is 2. The molecule has 1 amide bonds. The third-order valence-electron chi connectivity index (χ3n) is 5.52. The number of aromatic nitrogens is 1. The molecule has 3 rings (SSSR count). The Balaban J connectivity index is 2.00. The predicted molar refractivity (Wildman–Crippen MR) is 126 cm³/mol. The first-order chi connectivity index (χ1) is 17.4. The third kappa shape index (κ3) is 6.33. The van der Waals surface area contributed by atoms with Gasteiger partial charge in [0.25, 0.3) is 5.91 Å². The Bertz CT molecular complexity index is 1410. The summed E-state index contributed by atoms with van der Waals surface area (Å²) in [5, 5.41) is 9.59. The molecule has 2 unspecified atom stereocenters. The van der Waals surface area contributed by atoms with Gasteiger partial charge in [-0.15, -0.1) is 0 Å². The SMILES string of the molecule is CCC(OCNC(=O)c1cc(C)c(C(c2cc(F)ccc2F)S(=O)(=O)c2ccc(F)cc2)cn1)C(=O)O. The van der Waals surface area contributed by atoms with Crippen molar-refractivity contribution in [2.75, 3.05) is 6.73 Å². The maximum absolute atomic E-state index is 14.8. The van der Waals surface area contributed by atoms with Crippen molar-refractivity contribution in [2.24, 2.45) is 0 Å². The van der Waals surface area contributed by atoms with E-state index in [1.54, 1.807) is 6.92 Å². The van der Waals surface area contributed by atoms with Crippen LogP contribution in [0.2, 0.25) is 0 Å². The lowest BCUT2D eigenvalue weighted by Gasteiger charge is -2.21. The molecular weight excluding hydrogens is 513 g/mol. The Kier molecular flexibility index (Phi) is 8.66. The Morgan fingerprint density at radius 3 is 2.27 bits per heavy atom. The number of carboxylic acids is 1. The highest BCUT2D eigenvalue weighted by Crippen LogP contribution is 2.38. The Morgan fingerprint density at radius 1 is 1.03 bits per heavy atom. The van der Waals surface area contributed by atoms with Crippen molar-refractivity contribution in [3.05, 3.63) is 94.6 Å². The summed E-state index contributed by atoms with van der Waals surface area (Å²) in [6.45, 7) is 2.65. The van der Waals surface area contributed by atoms with E-state index in [1.807, 2.05) is 0 Å². The van der Waals surface area contributed by atoms with Crippen LogP contribution in [0.25, 0.3) is 0 Å². The van der Waals surface area contributed by atoms with Crippen LogP contribution in [0, 0.1) is 24.4 Å². The molecule has 2 aromatic carbocycles. The first-order valence-corrected chi connectivity index (χ1v) is 12.5. The van der Waals surface area contributed by atoms with Gasteiger partial charge in [0.1, 0.15) is 35.1 Å². The van der Waals surface area contributed by atoms with Crippen LogP contribution in [0.1, 0.15) is 45.8 Å². The second-order valence-electron chi connectivity index (χ2n) is 8.02. The van der Waals surface area contributed by atoms with Crippen molar-refractivity contribution >= 4 is 21.7 Å². The van der Waals surface area contributed by atoms with E-state index < -0.39 is 62.8 Å². The standard InChI is InChI=1S/C25H23F3N2O6S/c1-3-22(25(32)33)36-13-30-24(31)21-10-14(2)19(12-29-21)23(18-11-16(27)6-9-20(18)28)37(34,35)17-7-4-15(26)5-8-17/h4-12,22-23H,3,13H2,1-2H3,(H,30,31)(H,32,33). The zero-order valence-corrected chi connectivity index (χ0v) is 20.6. The summed E-state index contributed by atoms with van der Waals surface area (Å²) in [6, 6.07) is 7.53. The fraction of sp³-hybridized carbons (Fsp3) is 0.240. The molecule has 1 heterocycles. The number of carbonyl (C=O) groups is 2. The number of nitrogens with one attached hydrogen (secondary N) is 1. The van der Waals surface area contributed by atoms with Crippen molar-refractivity contribution in [1.82, 2.24) is 10.3 Å². The molecule has 0 bridgehead atoms. The zero-order valence-electron chi connectivity index (χ0n) is 19.7. The number of nitrogens with zero attached hydrogens (tertiary/aromatic N) is 1. The predicted octanol–water partition coefficient (Wildman–Crippen LogP) is 3.94. The van der Waals surface area contributed by atoms with E-state index in [2.05, 4.69) is 10.3 Å². The van der Waals surface area contributed by atoms with E-state index in [1.165, 1.54) is 13.0 Å². The average molecular weight is 537 g/mol. The molecule has 1 aromatic heterocycles. The second kappa shape index (κ2) is 11.5. The van der Waals surface area contributed by atoms with Gasteiger partial charge in [-0.25, -0.2) is 26.4 Å². The molecule has 0 aliphatic rings. The summed E-state index contributed by atoms with van der Waals surface area (Å²) in [5.41, 5.74) is -0.444.